The van der Waals surface area contributed by atoms with Gasteiger partial charge in [-0.1, -0.05) is 30.3 Å². The van der Waals surface area contributed by atoms with Gasteiger partial charge in [-0.25, -0.2) is 4.79 Å². The molecule has 0 unspecified atom stereocenters. The van der Waals surface area contributed by atoms with Crippen LogP contribution in [0.25, 0.3) is 17.5 Å². The number of nitrogens with zero attached hydrogens (tertiary/aromatic N) is 3. The normalized spacial score (nSPS) is 12.0. The van der Waals surface area contributed by atoms with Crippen LogP contribution in [0.1, 0.15) is 24.5 Å². The molecule has 0 aliphatic carbocycles. The van der Waals surface area contributed by atoms with Crippen molar-refractivity contribution in [2.75, 3.05) is 0 Å². The zero-order valence-corrected chi connectivity index (χ0v) is 14.3. The number of hydrogen-bond acceptors (Lipinski definition) is 7. The van der Waals surface area contributed by atoms with Gasteiger partial charge in [0.1, 0.15) is 0 Å². The van der Waals surface area contributed by atoms with Gasteiger partial charge in [0.15, 0.2) is 6.10 Å². The number of rotatable bonds is 6. The molecule has 0 saturated carbocycles. The van der Waals surface area contributed by atoms with Crippen molar-refractivity contribution in [1.29, 1.82) is 0 Å². The third kappa shape index (κ3) is 4.43. The van der Waals surface area contributed by atoms with Gasteiger partial charge in [-0.15, -0.1) is 10.2 Å². The van der Waals surface area contributed by atoms with E-state index in [-0.39, 0.29) is 11.6 Å². The minimum Gasteiger partial charge on any atom is -0.449 e. The number of para-hydroxylation sites is 1. The lowest BCUT2D eigenvalue weighted by molar-refractivity contribution is -0.385. The zero-order chi connectivity index (χ0) is 19.2. The molecule has 2 aromatic carbocycles. The Morgan fingerprint density at radius 3 is 2.59 bits per heavy atom. The van der Waals surface area contributed by atoms with Crippen molar-refractivity contribution < 1.29 is 18.9 Å². The first-order valence-electron chi connectivity index (χ1n) is 8.05. The van der Waals surface area contributed by atoms with Crippen LogP contribution < -0.4 is 0 Å². The van der Waals surface area contributed by atoms with Crippen molar-refractivity contribution in [2.24, 2.45) is 0 Å². The molecule has 3 aromatic rings. The zero-order valence-electron chi connectivity index (χ0n) is 14.3. The van der Waals surface area contributed by atoms with E-state index in [4.69, 9.17) is 9.15 Å². The fraction of sp³-hybridized carbons (Fsp3) is 0.105. The van der Waals surface area contributed by atoms with Crippen molar-refractivity contribution in [1.82, 2.24) is 10.2 Å². The number of aromatic nitrogens is 2. The van der Waals surface area contributed by atoms with E-state index >= 15 is 0 Å². The number of esters is 1. The Labute approximate surface area is 154 Å². The van der Waals surface area contributed by atoms with Gasteiger partial charge in [0.2, 0.25) is 5.89 Å². The molecule has 0 spiro atoms. The molecule has 0 N–H and O–H groups in total. The Morgan fingerprint density at radius 1 is 1.15 bits per heavy atom. The number of hydrogen-bond donors (Lipinski definition) is 0. The topological polar surface area (TPSA) is 108 Å². The molecule has 0 radical (unpaired) electrons. The lowest BCUT2D eigenvalue weighted by atomic mass is 10.1. The summed E-state index contributed by atoms with van der Waals surface area (Å²) in [6.07, 6.45) is 1.68. The van der Waals surface area contributed by atoms with Crippen LogP contribution in [0.5, 0.6) is 0 Å². The third-order valence-electron chi connectivity index (χ3n) is 3.63. The molecule has 1 heterocycles. The van der Waals surface area contributed by atoms with Gasteiger partial charge in [0, 0.05) is 17.7 Å². The highest BCUT2D eigenvalue weighted by molar-refractivity contribution is 5.88. The number of nitro groups is 1. The minimum atomic E-state index is -0.766. The molecular weight excluding hydrogens is 350 g/mol. The van der Waals surface area contributed by atoms with Gasteiger partial charge in [0.25, 0.3) is 11.6 Å². The Hall–Kier alpha value is -3.81. The van der Waals surface area contributed by atoms with E-state index in [2.05, 4.69) is 10.2 Å². The molecule has 0 fully saturated rings. The lowest BCUT2D eigenvalue weighted by Gasteiger charge is -2.06. The van der Waals surface area contributed by atoms with Gasteiger partial charge >= 0.3 is 5.97 Å². The predicted molar refractivity (Wildman–Crippen MR) is 96.4 cm³/mol. The lowest BCUT2D eigenvalue weighted by Crippen LogP contribution is -2.06. The molecule has 0 aliphatic rings. The fourth-order valence-corrected chi connectivity index (χ4v) is 2.31. The largest absolute Gasteiger partial charge is 0.449 e. The quantitative estimate of drug-likeness (QED) is 0.281. The molecule has 0 amide bonds. The summed E-state index contributed by atoms with van der Waals surface area (Å²) < 4.78 is 10.7. The van der Waals surface area contributed by atoms with Crippen molar-refractivity contribution in [3.05, 3.63) is 82.2 Å². The summed E-state index contributed by atoms with van der Waals surface area (Å²) in [5, 5.41) is 18.8. The van der Waals surface area contributed by atoms with Gasteiger partial charge < -0.3 is 9.15 Å². The molecule has 0 aliphatic heterocycles. The van der Waals surface area contributed by atoms with Crippen molar-refractivity contribution >= 4 is 17.7 Å². The van der Waals surface area contributed by atoms with Gasteiger partial charge in [-0.3, -0.25) is 10.1 Å². The molecule has 136 valence electrons. The van der Waals surface area contributed by atoms with Crippen molar-refractivity contribution in [3.8, 4) is 11.5 Å². The Morgan fingerprint density at radius 2 is 1.85 bits per heavy atom. The highest BCUT2D eigenvalue weighted by Crippen LogP contribution is 2.23. The van der Waals surface area contributed by atoms with Crippen LogP contribution >= 0.6 is 0 Å². The predicted octanol–water partition coefficient (Wildman–Crippen LogP) is 3.96. The van der Waals surface area contributed by atoms with E-state index < -0.39 is 17.0 Å². The molecular formula is C19H15N3O5. The number of carbonyl (C=O) groups is 1. The van der Waals surface area contributed by atoms with Crippen LogP contribution in [0.3, 0.4) is 0 Å². The third-order valence-corrected chi connectivity index (χ3v) is 3.63. The standard InChI is InChI=1S/C19H15N3O5/c1-13(18-20-21-19(27-18)15-8-3-2-4-9-15)26-17(23)12-11-14-7-5-6-10-16(14)22(24)25/h2-13H,1H3/b12-11+/t13-/m0/s1. The summed E-state index contributed by atoms with van der Waals surface area (Å²) in [6, 6.07) is 15.3. The molecule has 0 saturated heterocycles. The van der Waals surface area contributed by atoms with Crippen molar-refractivity contribution in [2.45, 2.75) is 13.0 Å². The molecule has 1 atom stereocenters. The number of carbonyl (C=O) groups excluding carboxylic acids is 1. The summed E-state index contributed by atoms with van der Waals surface area (Å²) >= 11 is 0. The number of benzene rings is 2. The average molecular weight is 365 g/mol. The maximum absolute atomic E-state index is 12.0. The van der Waals surface area contributed by atoms with Crippen LogP contribution in [0.15, 0.2) is 65.1 Å². The first-order chi connectivity index (χ1) is 13.0. The van der Waals surface area contributed by atoms with E-state index in [0.29, 0.717) is 11.5 Å². The average Bonchev–Trinajstić information content (AvgIpc) is 3.17. The van der Waals surface area contributed by atoms with Gasteiger partial charge in [-0.05, 0) is 31.2 Å². The maximum atomic E-state index is 12.0. The van der Waals surface area contributed by atoms with Gasteiger partial charge in [-0.2, -0.15) is 0 Å². The van der Waals surface area contributed by atoms with E-state index in [1.165, 1.54) is 18.2 Å². The number of nitro benzene ring substituents is 1. The highest BCUT2D eigenvalue weighted by Gasteiger charge is 2.18. The summed E-state index contributed by atoms with van der Waals surface area (Å²) in [6.45, 7) is 1.60. The second-order valence-corrected chi connectivity index (χ2v) is 5.54. The van der Waals surface area contributed by atoms with Crippen LogP contribution in [0.4, 0.5) is 5.69 Å². The van der Waals surface area contributed by atoms with Crippen LogP contribution in [0.2, 0.25) is 0 Å². The molecule has 0 bridgehead atoms. The smallest absolute Gasteiger partial charge is 0.331 e. The van der Waals surface area contributed by atoms with E-state index in [1.54, 1.807) is 19.1 Å². The Bertz CT molecular complexity index is 982. The molecule has 8 nitrogen and oxygen atoms in total. The minimum absolute atomic E-state index is 0.0981. The summed E-state index contributed by atoms with van der Waals surface area (Å²) in [4.78, 5) is 22.4. The first-order valence-corrected chi connectivity index (χ1v) is 8.05. The SMILES string of the molecule is C[C@H](OC(=O)/C=C/c1ccccc1[N+](=O)[O-])c1nnc(-c2ccccc2)o1. The van der Waals surface area contributed by atoms with Crippen LogP contribution in [0, 0.1) is 10.1 Å². The van der Waals surface area contributed by atoms with E-state index in [0.717, 1.165) is 11.6 Å². The molecule has 3 rings (SSSR count). The van der Waals surface area contributed by atoms with E-state index in [9.17, 15) is 14.9 Å². The summed E-state index contributed by atoms with van der Waals surface area (Å²) in [5.74, 6) is -0.203. The fourth-order valence-electron chi connectivity index (χ4n) is 2.31. The number of ether oxygens (including phenoxy) is 1. The molecule has 27 heavy (non-hydrogen) atoms. The second-order valence-electron chi connectivity index (χ2n) is 5.54. The maximum Gasteiger partial charge on any atom is 0.331 e. The summed E-state index contributed by atoms with van der Waals surface area (Å²) in [5.41, 5.74) is 0.960. The van der Waals surface area contributed by atoms with Gasteiger partial charge in [0.05, 0.1) is 10.5 Å². The van der Waals surface area contributed by atoms with Crippen molar-refractivity contribution in [3.63, 3.8) is 0 Å². The monoisotopic (exact) mass is 365 g/mol. The molecule has 1 aromatic heterocycles. The first kappa shape index (κ1) is 18.0. The Kier molecular flexibility index (Phi) is 5.36. The molecule has 8 heteroatoms. The highest BCUT2D eigenvalue weighted by atomic mass is 16.6. The second kappa shape index (κ2) is 8.05. The summed E-state index contributed by atoms with van der Waals surface area (Å²) in [7, 11) is 0. The van der Waals surface area contributed by atoms with Crippen LogP contribution in [-0.2, 0) is 9.53 Å². The van der Waals surface area contributed by atoms with Crippen LogP contribution in [-0.4, -0.2) is 21.1 Å². The Balaban J connectivity index is 1.66. The van der Waals surface area contributed by atoms with E-state index in [1.807, 2.05) is 30.3 Å².